The maximum absolute atomic E-state index is 12.2. The van der Waals surface area contributed by atoms with E-state index in [1.165, 1.54) is 12.8 Å². The minimum Gasteiger partial charge on any atom is -0.367 e. The normalized spacial score (nSPS) is 27.8. The largest absolute Gasteiger partial charge is 0.367 e. The maximum atomic E-state index is 12.2. The van der Waals surface area contributed by atoms with Crippen LogP contribution in [-0.4, -0.2) is 66.5 Å². The fourth-order valence-electron chi connectivity index (χ4n) is 2.85. The second-order valence-corrected chi connectivity index (χ2v) is 5.91. The summed E-state index contributed by atoms with van der Waals surface area (Å²) in [6.45, 7) is 6.15. The minimum absolute atomic E-state index is 0.0972. The predicted molar refractivity (Wildman–Crippen MR) is 75.0 cm³/mol. The number of likely N-dealkylation sites (tertiary alicyclic amines) is 1. The lowest BCUT2D eigenvalue weighted by Crippen LogP contribution is -2.58. The summed E-state index contributed by atoms with van der Waals surface area (Å²) < 4.78 is 5.42. The molecule has 0 unspecified atom stereocenters. The van der Waals surface area contributed by atoms with E-state index in [1.807, 2.05) is 0 Å². The summed E-state index contributed by atoms with van der Waals surface area (Å²) >= 11 is 0. The van der Waals surface area contributed by atoms with E-state index in [1.54, 1.807) is 11.8 Å². The van der Waals surface area contributed by atoms with Crippen molar-refractivity contribution in [3.05, 3.63) is 0 Å². The quantitative estimate of drug-likeness (QED) is 0.768. The Hall–Kier alpha value is -1.14. The number of nitrogens with zero attached hydrogens (tertiary/aromatic N) is 2. The Labute approximate surface area is 120 Å². The Morgan fingerprint density at radius 2 is 1.95 bits per heavy atom. The summed E-state index contributed by atoms with van der Waals surface area (Å²) in [6, 6.07) is 0. The summed E-state index contributed by atoms with van der Waals surface area (Å²) in [5, 5.41) is 0. The average Bonchev–Trinajstić information content (AvgIpc) is 2.91. The number of carbonyl (C=O) groups is 2. The molecular formula is C14H25N3O3. The number of hydrogen-bond donors (Lipinski definition) is 1. The molecule has 2 aliphatic rings. The molecule has 2 aliphatic heterocycles. The standard InChI is InChI=1S/C14H25N3O3/c1-14(13(15)19)11-17(9-10-20-14)12(18)5-4-8-16-6-2-3-7-16/h2-11H2,1H3,(H2,15,19)/t14-/m0/s1. The van der Waals surface area contributed by atoms with Crippen LogP contribution in [0, 0.1) is 0 Å². The maximum Gasteiger partial charge on any atom is 0.251 e. The smallest absolute Gasteiger partial charge is 0.251 e. The van der Waals surface area contributed by atoms with Gasteiger partial charge in [0.05, 0.1) is 13.2 Å². The molecule has 0 aromatic rings. The molecule has 0 aromatic heterocycles. The number of amides is 2. The van der Waals surface area contributed by atoms with Gasteiger partial charge in [0.2, 0.25) is 5.91 Å². The van der Waals surface area contributed by atoms with Crippen LogP contribution in [0.4, 0.5) is 0 Å². The average molecular weight is 283 g/mol. The third kappa shape index (κ3) is 3.70. The fraction of sp³-hybridized carbons (Fsp3) is 0.857. The van der Waals surface area contributed by atoms with Crippen molar-refractivity contribution in [2.75, 3.05) is 39.3 Å². The molecule has 0 aliphatic carbocycles. The van der Waals surface area contributed by atoms with Crippen molar-refractivity contribution in [2.45, 2.75) is 38.2 Å². The predicted octanol–water partition coefficient (Wildman–Crippen LogP) is -0.0348. The van der Waals surface area contributed by atoms with Crippen molar-refractivity contribution in [3.63, 3.8) is 0 Å². The Kier molecular flexibility index (Phi) is 4.99. The Balaban J connectivity index is 1.75. The zero-order valence-electron chi connectivity index (χ0n) is 12.3. The van der Waals surface area contributed by atoms with Crippen LogP contribution in [0.15, 0.2) is 0 Å². The molecule has 1 atom stereocenters. The Morgan fingerprint density at radius 3 is 2.60 bits per heavy atom. The van der Waals surface area contributed by atoms with Crippen molar-refractivity contribution in [1.82, 2.24) is 9.80 Å². The number of ether oxygens (including phenoxy) is 1. The molecule has 6 heteroatoms. The first-order valence-corrected chi connectivity index (χ1v) is 7.45. The van der Waals surface area contributed by atoms with Gasteiger partial charge in [0, 0.05) is 13.0 Å². The van der Waals surface area contributed by atoms with Crippen LogP contribution >= 0.6 is 0 Å². The molecule has 0 radical (unpaired) electrons. The molecule has 2 fully saturated rings. The molecule has 20 heavy (non-hydrogen) atoms. The highest BCUT2D eigenvalue weighted by Gasteiger charge is 2.38. The van der Waals surface area contributed by atoms with E-state index in [0.717, 1.165) is 26.1 Å². The van der Waals surface area contributed by atoms with Crippen molar-refractivity contribution < 1.29 is 14.3 Å². The van der Waals surface area contributed by atoms with Gasteiger partial charge in [-0.15, -0.1) is 0 Å². The van der Waals surface area contributed by atoms with Gasteiger partial charge in [-0.1, -0.05) is 0 Å². The summed E-state index contributed by atoms with van der Waals surface area (Å²) in [7, 11) is 0. The third-order valence-corrected chi connectivity index (χ3v) is 4.21. The van der Waals surface area contributed by atoms with E-state index < -0.39 is 11.5 Å². The number of carbonyl (C=O) groups excluding carboxylic acids is 2. The zero-order chi connectivity index (χ0) is 14.6. The van der Waals surface area contributed by atoms with Crippen molar-refractivity contribution in [2.24, 2.45) is 5.73 Å². The molecule has 2 heterocycles. The minimum atomic E-state index is -1.04. The van der Waals surface area contributed by atoms with E-state index in [0.29, 0.717) is 19.6 Å². The topological polar surface area (TPSA) is 75.9 Å². The molecule has 114 valence electrons. The molecule has 2 N–H and O–H groups in total. The first kappa shape index (κ1) is 15.3. The lowest BCUT2D eigenvalue weighted by atomic mass is 10.0. The van der Waals surface area contributed by atoms with Gasteiger partial charge >= 0.3 is 0 Å². The number of hydrogen-bond acceptors (Lipinski definition) is 4. The summed E-state index contributed by atoms with van der Waals surface area (Å²) in [4.78, 5) is 27.7. The fourth-order valence-corrected chi connectivity index (χ4v) is 2.85. The molecule has 6 nitrogen and oxygen atoms in total. The lowest BCUT2D eigenvalue weighted by molar-refractivity contribution is -0.160. The zero-order valence-corrected chi connectivity index (χ0v) is 12.3. The van der Waals surface area contributed by atoms with Crippen LogP contribution in [0.5, 0.6) is 0 Å². The number of nitrogens with two attached hydrogens (primary N) is 1. The van der Waals surface area contributed by atoms with Gasteiger partial charge in [0.15, 0.2) is 5.60 Å². The number of primary amides is 1. The van der Waals surface area contributed by atoms with Crippen molar-refractivity contribution >= 4 is 11.8 Å². The molecule has 0 spiro atoms. The van der Waals surface area contributed by atoms with Gasteiger partial charge in [-0.05, 0) is 45.8 Å². The van der Waals surface area contributed by atoms with Crippen LogP contribution in [0.3, 0.4) is 0 Å². The van der Waals surface area contributed by atoms with E-state index >= 15 is 0 Å². The molecule has 0 bridgehead atoms. The summed E-state index contributed by atoms with van der Waals surface area (Å²) in [6.07, 6.45) is 3.96. The van der Waals surface area contributed by atoms with E-state index in [-0.39, 0.29) is 12.5 Å². The van der Waals surface area contributed by atoms with Crippen molar-refractivity contribution in [3.8, 4) is 0 Å². The molecular weight excluding hydrogens is 258 g/mol. The first-order valence-electron chi connectivity index (χ1n) is 7.45. The molecule has 2 saturated heterocycles. The van der Waals surface area contributed by atoms with Gasteiger partial charge in [-0.3, -0.25) is 9.59 Å². The van der Waals surface area contributed by atoms with E-state index in [9.17, 15) is 9.59 Å². The van der Waals surface area contributed by atoms with Gasteiger partial charge in [0.1, 0.15) is 0 Å². The summed E-state index contributed by atoms with van der Waals surface area (Å²) in [5.74, 6) is -0.410. The Bertz CT molecular complexity index is 369. The van der Waals surface area contributed by atoms with Gasteiger partial charge in [-0.2, -0.15) is 0 Å². The highest BCUT2D eigenvalue weighted by atomic mass is 16.5. The van der Waals surface area contributed by atoms with Crippen LogP contribution < -0.4 is 5.73 Å². The molecule has 2 amide bonds. The second-order valence-electron chi connectivity index (χ2n) is 5.91. The van der Waals surface area contributed by atoms with Crippen LogP contribution in [0.2, 0.25) is 0 Å². The molecule has 0 aromatic carbocycles. The van der Waals surface area contributed by atoms with E-state index in [2.05, 4.69) is 4.90 Å². The van der Waals surface area contributed by atoms with E-state index in [4.69, 9.17) is 10.5 Å². The van der Waals surface area contributed by atoms with Gasteiger partial charge < -0.3 is 20.3 Å². The lowest BCUT2D eigenvalue weighted by Gasteiger charge is -2.38. The third-order valence-electron chi connectivity index (χ3n) is 4.21. The highest BCUT2D eigenvalue weighted by molar-refractivity contribution is 5.85. The SMILES string of the molecule is C[C@@]1(C(N)=O)CN(C(=O)CCCN2CCCC2)CCO1. The van der Waals surface area contributed by atoms with Crippen LogP contribution in [0.1, 0.15) is 32.6 Å². The number of morpholine rings is 1. The number of rotatable bonds is 5. The summed E-state index contributed by atoms with van der Waals surface area (Å²) in [5.41, 5.74) is 4.30. The van der Waals surface area contributed by atoms with Gasteiger partial charge in [-0.25, -0.2) is 0 Å². The monoisotopic (exact) mass is 283 g/mol. The highest BCUT2D eigenvalue weighted by Crippen LogP contribution is 2.18. The first-order chi connectivity index (χ1) is 9.51. The Morgan fingerprint density at radius 1 is 1.25 bits per heavy atom. The van der Waals surface area contributed by atoms with Crippen LogP contribution in [0.25, 0.3) is 0 Å². The molecule has 0 saturated carbocycles. The van der Waals surface area contributed by atoms with Crippen molar-refractivity contribution in [1.29, 1.82) is 0 Å². The van der Waals surface area contributed by atoms with Crippen LogP contribution in [-0.2, 0) is 14.3 Å². The molecule has 2 rings (SSSR count). The second kappa shape index (κ2) is 6.54. The van der Waals surface area contributed by atoms with Gasteiger partial charge in [0.25, 0.3) is 5.91 Å².